The molecule has 188 valence electrons. The molecule has 0 saturated carbocycles. The fraction of sp³-hybridized carbons (Fsp3) is 0.286. The third-order valence-corrected chi connectivity index (χ3v) is 6.24. The lowest BCUT2D eigenvalue weighted by Gasteiger charge is -2.41. The molecule has 1 saturated heterocycles. The van der Waals surface area contributed by atoms with Crippen LogP contribution >= 0.6 is 0 Å². The molecule has 0 aliphatic carbocycles. The van der Waals surface area contributed by atoms with Crippen molar-refractivity contribution in [3.63, 3.8) is 0 Å². The van der Waals surface area contributed by atoms with Crippen molar-refractivity contribution in [2.24, 2.45) is 5.73 Å². The number of morpholine rings is 1. The number of carbonyl (C=O) groups excluding carboxylic acids is 2. The highest BCUT2D eigenvalue weighted by molar-refractivity contribution is 6.07. The van der Waals surface area contributed by atoms with Gasteiger partial charge in [0.05, 0.1) is 24.6 Å². The molecule has 0 spiro atoms. The summed E-state index contributed by atoms with van der Waals surface area (Å²) in [6.45, 7) is 6.00. The zero-order valence-corrected chi connectivity index (χ0v) is 20.5. The summed E-state index contributed by atoms with van der Waals surface area (Å²) in [5, 5.41) is 5.86. The van der Waals surface area contributed by atoms with E-state index in [1.165, 1.54) is 24.3 Å². The largest absolute Gasteiger partial charge is 0.377 e. The number of ether oxygens (including phenoxy) is 1. The van der Waals surface area contributed by atoms with Gasteiger partial charge in [0.25, 0.3) is 11.8 Å². The summed E-state index contributed by atoms with van der Waals surface area (Å²) in [6.07, 6.45) is 0. The Labute approximate surface area is 210 Å². The number of nitrogens with zero attached hydrogens (tertiary/aromatic N) is 1. The van der Waals surface area contributed by atoms with Gasteiger partial charge in [-0.3, -0.25) is 9.59 Å². The van der Waals surface area contributed by atoms with Gasteiger partial charge in [0.1, 0.15) is 5.82 Å². The first-order valence-electron chi connectivity index (χ1n) is 12.0. The Hall–Kier alpha value is -3.75. The van der Waals surface area contributed by atoms with Gasteiger partial charge in [-0.05, 0) is 67.4 Å². The van der Waals surface area contributed by atoms with Crippen molar-refractivity contribution in [2.45, 2.75) is 39.0 Å². The number of hydrogen-bond acceptors (Lipinski definition) is 5. The molecule has 2 atom stereocenters. The molecule has 1 heterocycles. The van der Waals surface area contributed by atoms with Crippen LogP contribution in [0.2, 0.25) is 0 Å². The van der Waals surface area contributed by atoms with Crippen LogP contribution in [0.1, 0.15) is 45.7 Å². The molecule has 3 aromatic rings. The number of hydrogen-bond donors (Lipinski definition) is 3. The Bertz CT molecular complexity index is 1220. The third kappa shape index (κ3) is 5.90. The van der Waals surface area contributed by atoms with Crippen LogP contribution in [-0.4, -0.2) is 37.1 Å². The molecule has 0 aromatic heterocycles. The van der Waals surface area contributed by atoms with Crippen molar-refractivity contribution in [3.05, 3.63) is 94.8 Å². The molecule has 3 aromatic carbocycles. The van der Waals surface area contributed by atoms with Gasteiger partial charge >= 0.3 is 0 Å². The van der Waals surface area contributed by atoms with Gasteiger partial charge in [-0.25, -0.2) is 4.39 Å². The summed E-state index contributed by atoms with van der Waals surface area (Å²) in [5.74, 6) is -1.07. The van der Waals surface area contributed by atoms with Gasteiger partial charge in [0, 0.05) is 36.3 Å². The second kappa shape index (κ2) is 11.3. The number of benzene rings is 3. The van der Waals surface area contributed by atoms with Crippen LogP contribution in [0.5, 0.6) is 0 Å². The lowest BCUT2D eigenvalue weighted by molar-refractivity contribution is 0.0757. The van der Waals surface area contributed by atoms with E-state index in [2.05, 4.69) is 29.4 Å². The zero-order valence-electron chi connectivity index (χ0n) is 20.5. The molecule has 1 aliphatic rings. The van der Waals surface area contributed by atoms with Gasteiger partial charge in [0.2, 0.25) is 0 Å². The smallest absolute Gasteiger partial charge is 0.255 e. The highest BCUT2D eigenvalue weighted by atomic mass is 19.1. The highest BCUT2D eigenvalue weighted by Crippen LogP contribution is 2.32. The zero-order chi connectivity index (χ0) is 25.7. The molecule has 4 N–H and O–H groups in total. The van der Waals surface area contributed by atoms with Crippen molar-refractivity contribution < 1.29 is 18.7 Å². The number of halogens is 1. The molecule has 4 rings (SSSR count). The van der Waals surface area contributed by atoms with Crippen molar-refractivity contribution in [1.82, 2.24) is 5.32 Å². The molecule has 0 bridgehead atoms. The molecular formula is C28H31FN4O3. The Balaban J connectivity index is 1.60. The molecule has 1 fully saturated rings. The normalized spacial score (nSPS) is 17.5. The Morgan fingerprint density at radius 2 is 1.61 bits per heavy atom. The van der Waals surface area contributed by atoms with Crippen LogP contribution in [-0.2, 0) is 17.8 Å². The van der Waals surface area contributed by atoms with Crippen LogP contribution < -0.4 is 21.3 Å². The second-order valence-electron chi connectivity index (χ2n) is 9.04. The summed E-state index contributed by atoms with van der Waals surface area (Å²) in [5.41, 5.74) is 9.68. The predicted molar refractivity (Wildman–Crippen MR) is 139 cm³/mol. The topological polar surface area (TPSA) is 96.7 Å². The minimum Gasteiger partial charge on any atom is -0.377 e. The predicted octanol–water partition coefficient (Wildman–Crippen LogP) is 4.08. The number of anilines is 2. The lowest BCUT2D eigenvalue weighted by Crippen LogP contribution is -2.50. The average Bonchev–Trinajstić information content (AvgIpc) is 2.88. The molecule has 36 heavy (non-hydrogen) atoms. The fourth-order valence-corrected chi connectivity index (χ4v) is 4.43. The molecular weight excluding hydrogens is 459 g/mol. The summed E-state index contributed by atoms with van der Waals surface area (Å²) >= 11 is 0. The summed E-state index contributed by atoms with van der Waals surface area (Å²) in [4.78, 5) is 28.2. The minimum atomic E-state index is -0.418. The Morgan fingerprint density at radius 1 is 0.944 bits per heavy atom. The van der Waals surface area contributed by atoms with E-state index >= 15 is 0 Å². The van der Waals surface area contributed by atoms with Crippen molar-refractivity contribution in [3.8, 4) is 0 Å². The molecule has 8 heteroatoms. The first kappa shape index (κ1) is 25.3. The molecule has 1 aliphatic heterocycles. The van der Waals surface area contributed by atoms with E-state index in [9.17, 15) is 14.0 Å². The van der Waals surface area contributed by atoms with E-state index < -0.39 is 5.82 Å². The van der Waals surface area contributed by atoms with Crippen molar-refractivity contribution in [1.29, 1.82) is 0 Å². The van der Waals surface area contributed by atoms with E-state index in [1.54, 1.807) is 12.1 Å². The lowest BCUT2D eigenvalue weighted by atomic mass is 10.1. The third-order valence-electron chi connectivity index (χ3n) is 6.24. The summed E-state index contributed by atoms with van der Waals surface area (Å²) in [7, 11) is 0. The fourth-order valence-electron chi connectivity index (χ4n) is 4.43. The molecule has 2 amide bonds. The number of nitrogens with two attached hydrogens (primary N) is 1. The van der Waals surface area contributed by atoms with Crippen LogP contribution in [0.3, 0.4) is 0 Å². The minimum absolute atomic E-state index is 0.0738. The number of rotatable bonds is 7. The number of carbonyl (C=O) groups is 2. The number of nitrogens with one attached hydrogen (secondary N) is 2. The Kier molecular flexibility index (Phi) is 7.97. The van der Waals surface area contributed by atoms with E-state index in [4.69, 9.17) is 10.5 Å². The van der Waals surface area contributed by atoms with E-state index in [-0.39, 0.29) is 23.9 Å². The van der Waals surface area contributed by atoms with Crippen LogP contribution in [0.4, 0.5) is 15.8 Å². The quantitative estimate of drug-likeness (QED) is 0.464. The Morgan fingerprint density at radius 3 is 2.31 bits per heavy atom. The van der Waals surface area contributed by atoms with Crippen LogP contribution in [0.25, 0.3) is 0 Å². The maximum atomic E-state index is 13.3. The average molecular weight is 491 g/mol. The maximum Gasteiger partial charge on any atom is 0.255 e. The molecule has 0 radical (unpaired) electrons. The first-order valence-corrected chi connectivity index (χ1v) is 12.0. The van der Waals surface area contributed by atoms with Crippen molar-refractivity contribution in [2.75, 3.05) is 23.4 Å². The van der Waals surface area contributed by atoms with Crippen LogP contribution in [0, 0.1) is 5.82 Å². The van der Waals surface area contributed by atoms with Gasteiger partial charge in [-0.2, -0.15) is 0 Å². The SMILES string of the molecule is CC1COCC(C)N1c1ccc(C(=O)NCc2cccc(CN)c2)cc1NC(=O)c1ccc(F)cc1. The highest BCUT2D eigenvalue weighted by Gasteiger charge is 2.28. The van der Waals surface area contributed by atoms with Crippen molar-refractivity contribution >= 4 is 23.2 Å². The van der Waals surface area contributed by atoms with E-state index in [1.807, 2.05) is 30.3 Å². The second-order valence-corrected chi connectivity index (χ2v) is 9.04. The summed E-state index contributed by atoms with van der Waals surface area (Å²) in [6, 6.07) is 18.5. The number of amides is 2. The molecule has 2 unspecified atom stereocenters. The maximum absolute atomic E-state index is 13.3. The van der Waals surface area contributed by atoms with E-state index in [0.717, 1.165) is 16.8 Å². The van der Waals surface area contributed by atoms with E-state index in [0.29, 0.717) is 43.1 Å². The van der Waals surface area contributed by atoms with Gasteiger partial charge in [0.15, 0.2) is 0 Å². The first-order chi connectivity index (χ1) is 17.4. The van der Waals surface area contributed by atoms with Gasteiger partial charge in [-0.15, -0.1) is 0 Å². The van der Waals surface area contributed by atoms with Gasteiger partial charge in [-0.1, -0.05) is 24.3 Å². The molecule has 7 nitrogen and oxygen atoms in total. The van der Waals surface area contributed by atoms with Crippen LogP contribution in [0.15, 0.2) is 66.7 Å². The monoisotopic (exact) mass is 490 g/mol. The van der Waals surface area contributed by atoms with Gasteiger partial charge < -0.3 is 26.0 Å². The summed E-state index contributed by atoms with van der Waals surface area (Å²) < 4.78 is 19.0. The standard InChI is InChI=1S/C28H31FN4O3/c1-18-16-36-17-19(2)33(18)26-11-8-23(27(34)31-15-21-5-3-4-20(12-21)14-30)13-25(26)32-28(35)22-6-9-24(29)10-7-22/h3-13,18-19H,14-17,30H2,1-2H3,(H,31,34)(H,32,35).